The van der Waals surface area contributed by atoms with Crippen LogP contribution >= 0.6 is 7.82 Å². The Hall–Kier alpha value is -0.990. The van der Waals surface area contributed by atoms with E-state index in [2.05, 4.69) is 13.8 Å². The predicted molar refractivity (Wildman–Crippen MR) is 151 cm³/mol. The van der Waals surface area contributed by atoms with Crippen molar-refractivity contribution in [3.63, 3.8) is 0 Å². The molecule has 0 rings (SSSR count). The molecule has 0 spiro atoms. The van der Waals surface area contributed by atoms with Gasteiger partial charge >= 0.3 is 19.8 Å². The van der Waals surface area contributed by atoms with Gasteiger partial charge in [-0.3, -0.25) is 18.6 Å². The van der Waals surface area contributed by atoms with E-state index in [9.17, 15) is 19.0 Å². The van der Waals surface area contributed by atoms with E-state index in [-0.39, 0.29) is 38.6 Å². The van der Waals surface area contributed by atoms with Gasteiger partial charge in [-0.2, -0.15) is 0 Å². The van der Waals surface area contributed by atoms with E-state index in [0.29, 0.717) is 6.42 Å². The Kier molecular flexibility index (Phi) is 25.6. The lowest BCUT2D eigenvalue weighted by atomic mass is 10.1. The average molecular weight is 566 g/mol. The molecule has 0 fully saturated rings. The molecule has 3 N–H and O–H groups in total. The molecule has 9 nitrogen and oxygen atoms in total. The second kappa shape index (κ2) is 26.2. The fourth-order valence-electron chi connectivity index (χ4n) is 3.98. The average Bonchev–Trinajstić information content (AvgIpc) is 2.89. The van der Waals surface area contributed by atoms with Crippen molar-refractivity contribution in [2.75, 3.05) is 26.4 Å². The van der Waals surface area contributed by atoms with Crippen LogP contribution in [0.1, 0.15) is 136 Å². The Bertz CT molecular complexity index is 620. The summed E-state index contributed by atoms with van der Waals surface area (Å²) in [6.07, 6.45) is 18.7. The summed E-state index contributed by atoms with van der Waals surface area (Å²) in [5, 5.41) is 0. The van der Waals surface area contributed by atoms with Gasteiger partial charge in [0.05, 0.1) is 13.2 Å². The van der Waals surface area contributed by atoms with Crippen molar-refractivity contribution < 1.29 is 37.6 Å². The first-order valence-corrected chi connectivity index (χ1v) is 16.5. The smallest absolute Gasteiger partial charge is 0.462 e. The molecule has 10 heteroatoms. The number of nitrogens with two attached hydrogens (primary N) is 1. The fourth-order valence-corrected chi connectivity index (χ4v) is 4.75. The Morgan fingerprint density at radius 1 is 0.684 bits per heavy atom. The topological polar surface area (TPSA) is 134 Å². The number of phosphoric ester groups is 1. The summed E-state index contributed by atoms with van der Waals surface area (Å²) >= 11 is 0. The maximum atomic E-state index is 12.3. The molecule has 38 heavy (non-hydrogen) atoms. The monoisotopic (exact) mass is 565 g/mol. The minimum Gasteiger partial charge on any atom is -0.462 e. The van der Waals surface area contributed by atoms with Gasteiger partial charge in [0.1, 0.15) is 6.61 Å². The number of phosphoric acid groups is 1. The molecule has 0 radical (unpaired) electrons. The Morgan fingerprint density at radius 3 is 1.61 bits per heavy atom. The summed E-state index contributed by atoms with van der Waals surface area (Å²) in [6, 6.07) is 0. The highest BCUT2D eigenvalue weighted by atomic mass is 31.2. The Morgan fingerprint density at radius 2 is 1.13 bits per heavy atom. The number of rotatable bonds is 28. The third-order valence-corrected chi connectivity index (χ3v) is 7.23. The zero-order chi connectivity index (χ0) is 28.3. The van der Waals surface area contributed by atoms with E-state index in [1.807, 2.05) is 0 Å². The van der Waals surface area contributed by atoms with Crippen molar-refractivity contribution in [2.45, 2.75) is 142 Å². The number of ether oxygens (including phenoxy) is 2. The number of hydrogen-bond donors (Lipinski definition) is 2. The van der Waals surface area contributed by atoms with Crippen molar-refractivity contribution in [3.05, 3.63) is 0 Å². The Balaban J connectivity index is 4.35. The van der Waals surface area contributed by atoms with Crippen LogP contribution in [0.5, 0.6) is 0 Å². The molecule has 0 saturated carbocycles. The normalized spacial score (nSPS) is 13.7. The zero-order valence-corrected chi connectivity index (χ0v) is 25.1. The van der Waals surface area contributed by atoms with E-state index < -0.39 is 26.5 Å². The standard InChI is InChI=1S/C28H56NO8P/c1-3-5-7-9-11-13-15-17-19-21-28(31)37-26(25-36-38(32,33)35-23-22-29)24-34-27(30)20-18-16-14-12-10-8-6-4-2/h26H,3-25,29H2,1-2H3,(H,32,33)/t26-/m1/s1. The van der Waals surface area contributed by atoms with Gasteiger partial charge in [0.2, 0.25) is 0 Å². The molecule has 0 aromatic carbocycles. The van der Waals surface area contributed by atoms with Crippen molar-refractivity contribution >= 4 is 19.8 Å². The van der Waals surface area contributed by atoms with Gasteiger partial charge in [-0.25, -0.2) is 4.57 Å². The minimum absolute atomic E-state index is 0.0570. The molecule has 1 unspecified atom stereocenters. The summed E-state index contributed by atoms with van der Waals surface area (Å²) in [5.74, 6) is -0.834. The van der Waals surface area contributed by atoms with Crippen molar-refractivity contribution in [2.24, 2.45) is 5.73 Å². The molecule has 226 valence electrons. The third-order valence-electron chi connectivity index (χ3n) is 6.24. The van der Waals surface area contributed by atoms with Gasteiger partial charge in [0.15, 0.2) is 6.10 Å². The maximum absolute atomic E-state index is 12.3. The van der Waals surface area contributed by atoms with E-state index in [4.69, 9.17) is 24.3 Å². The van der Waals surface area contributed by atoms with E-state index >= 15 is 0 Å². The maximum Gasteiger partial charge on any atom is 0.472 e. The van der Waals surface area contributed by atoms with Crippen LogP contribution < -0.4 is 5.73 Å². The molecule has 0 aliphatic heterocycles. The van der Waals surface area contributed by atoms with Crippen molar-refractivity contribution in [3.8, 4) is 0 Å². The predicted octanol–water partition coefficient (Wildman–Crippen LogP) is 6.99. The highest BCUT2D eigenvalue weighted by Crippen LogP contribution is 2.43. The van der Waals surface area contributed by atoms with Crippen LogP contribution in [-0.2, 0) is 32.7 Å². The molecular formula is C28H56NO8P. The van der Waals surface area contributed by atoms with Crippen LogP contribution in [0.3, 0.4) is 0 Å². The van der Waals surface area contributed by atoms with Crippen LogP contribution in [-0.4, -0.2) is 49.3 Å². The van der Waals surface area contributed by atoms with E-state index in [0.717, 1.165) is 32.1 Å². The van der Waals surface area contributed by atoms with Gasteiger partial charge in [0.25, 0.3) is 0 Å². The third kappa shape index (κ3) is 25.3. The second-order valence-corrected chi connectivity index (χ2v) is 11.4. The van der Waals surface area contributed by atoms with Crippen LogP contribution in [0.2, 0.25) is 0 Å². The van der Waals surface area contributed by atoms with Crippen LogP contribution in [0.4, 0.5) is 0 Å². The van der Waals surface area contributed by atoms with Gasteiger partial charge in [-0.15, -0.1) is 0 Å². The van der Waals surface area contributed by atoms with Crippen molar-refractivity contribution in [1.29, 1.82) is 0 Å². The SMILES string of the molecule is CCCCCCCCCCCC(=O)O[C@H](COC(=O)CCCCCCCCCC)COP(=O)(O)OCCN. The molecule has 0 amide bonds. The lowest BCUT2D eigenvalue weighted by Gasteiger charge is -2.19. The number of unbranched alkanes of at least 4 members (excludes halogenated alkanes) is 15. The van der Waals surface area contributed by atoms with Crippen LogP contribution in [0.25, 0.3) is 0 Å². The number of carbonyl (C=O) groups excluding carboxylic acids is 2. The van der Waals surface area contributed by atoms with Gasteiger partial charge in [-0.1, -0.05) is 110 Å². The summed E-state index contributed by atoms with van der Waals surface area (Å²) < 4.78 is 32.3. The Labute approximate surface area is 231 Å². The first kappa shape index (κ1) is 37.0. The molecule has 0 bridgehead atoms. The largest absolute Gasteiger partial charge is 0.472 e. The quantitative estimate of drug-likeness (QED) is 0.0585. The molecule has 2 atom stereocenters. The first-order valence-electron chi connectivity index (χ1n) is 15.0. The number of hydrogen-bond acceptors (Lipinski definition) is 8. The molecule has 0 saturated heterocycles. The molecule has 0 aromatic rings. The molecule has 0 aliphatic rings. The zero-order valence-electron chi connectivity index (χ0n) is 24.2. The lowest BCUT2D eigenvalue weighted by Crippen LogP contribution is -2.29. The van der Waals surface area contributed by atoms with Crippen molar-refractivity contribution in [1.82, 2.24) is 0 Å². The summed E-state index contributed by atoms with van der Waals surface area (Å²) in [5.41, 5.74) is 5.29. The minimum atomic E-state index is -4.35. The highest BCUT2D eigenvalue weighted by Gasteiger charge is 2.25. The molecule has 0 heterocycles. The van der Waals surface area contributed by atoms with Gasteiger partial charge in [0, 0.05) is 19.4 Å². The summed E-state index contributed by atoms with van der Waals surface area (Å²) in [7, 11) is -4.35. The van der Waals surface area contributed by atoms with Gasteiger partial charge in [-0.05, 0) is 12.8 Å². The van der Waals surface area contributed by atoms with E-state index in [1.54, 1.807) is 0 Å². The number of esters is 2. The highest BCUT2D eigenvalue weighted by molar-refractivity contribution is 7.47. The molecule has 0 aliphatic carbocycles. The second-order valence-electron chi connectivity index (χ2n) is 9.98. The van der Waals surface area contributed by atoms with Crippen LogP contribution in [0, 0.1) is 0 Å². The molecular weight excluding hydrogens is 509 g/mol. The summed E-state index contributed by atoms with van der Waals surface area (Å²) in [4.78, 5) is 34.2. The first-order chi connectivity index (χ1) is 18.3. The van der Waals surface area contributed by atoms with Crippen LogP contribution in [0.15, 0.2) is 0 Å². The van der Waals surface area contributed by atoms with E-state index in [1.165, 1.54) is 70.6 Å². The fraction of sp³-hybridized carbons (Fsp3) is 0.929. The summed E-state index contributed by atoms with van der Waals surface area (Å²) in [6.45, 7) is 3.64. The lowest BCUT2D eigenvalue weighted by molar-refractivity contribution is -0.161. The molecule has 0 aromatic heterocycles. The van der Waals surface area contributed by atoms with Gasteiger partial charge < -0.3 is 20.1 Å². The number of carbonyl (C=O) groups is 2.